The highest BCUT2D eigenvalue weighted by Gasteiger charge is 2.30. The molecule has 1 atom stereocenters. The van der Waals surface area contributed by atoms with Crippen molar-refractivity contribution >= 4 is 16.3 Å². The first kappa shape index (κ1) is 17.1. The fourth-order valence-corrected chi connectivity index (χ4v) is 4.69. The van der Waals surface area contributed by atoms with Crippen molar-refractivity contribution in [2.24, 2.45) is 0 Å². The van der Waals surface area contributed by atoms with E-state index in [2.05, 4.69) is 15.0 Å². The number of rotatable bonds is 5. The van der Waals surface area contributed by atoms with Crippen LogP contribution in [0.2, 0.25) is 0 Å². The zero-order chi connectivity index (χ0) is 18.1. The van der Waals surface area contributed by atoms with Gasteiger partial charge in [-0.05, 0) is 43.6 Å². The summed E-state index contributed by atoms with van der Waals surface area (Å²) >= 11 is 1.48. The highest BCUT2D eigenvalue weighted by atomic mass is 32.1. The van der Waals surface area contributed by atoms with E-state index in [1.54, 1.807) is 14.2 Å². The standard InChI is InChI=1S/C18H22N4O3S/c1-24-13-7-6-12(10-14(13)25-2)15(21-8-4-3-5-9-21)16-17(23)22-18(26-16)19-11-20-22/h6-7,10-11,15,23H,3-5,8-9H2,1-2H3/t15-/m1/s1. The molecule has 7 nitrogen and oxygen atoms in total. The van der Waals surface area contributed by atoms with Crippen molar-refractivity contribution < 1.29 is 14.6 Å². The molecule has 3 aromatic rings. The Morgan fingerprint density at radius 1 is 1.12 bits per heavy atom. The number of benzene rings is 1. The third kappa shape index (κ3) is 2.89. The molecule has 26 heavy (non-hydrogen) atoms. The van der Waals surface area contributed by atoms with Gasteiger partial charge in [0.25, 0.3) is 0 Å². The second-order valence-corrected chi connectivity index (χ2v) is 7.37. The first-order valence-corrected chi connectivity index (χ1v) is 9.52. The van der Waals surface area contributed by atoms with Crippen LogP contribution in [0.5, 0.6) is 17.4 Å². The van der Waals surface area contributed by atoms with Crippen molar-refractivity contribution in [2.45, 2.75) is 25.3 Å². The molecule has 8 heteroatoms. The Hall–Kier alpha value is -2.32. The van der Waals surface area contributed by atoms with Gasteiger partial charge < -0.3 is 14.6 Å². The lowest BCUT2D eigenvalue weighted by atomic mass is 10.00. The number of hydrogen-bond donors (Lipinski definition) is 1. The van der Waals surface area contributed by atoms with Gasteiger partial charge in [0.05, 0.1) is 25.1 Å². The van der Waals surface area contributed by atoms with Crippen LogP contribution in [-0.2, 0) is 0 Å². The molecule has 1 N–H and O–H groups in total. The number of aromatic hydroxyl groups is 1. The molecule has 1 saturated heterocycles. The van der Waals surface area contributed by atoms with Crippen LogP contribution in [0.3, 0.4) is 0 Å². The van der Waals surface area contributed by atoms with Gasteiger partial charge in [0, 0.05) is 0 Å². The number of likely N-dealkylation sites (tertiary alicyclic amines) is 1. The van der Waals surface area contributed by atoms with E-state index in [1.807, 2.05) is 18.2 Å². The first-order chi connectivity index (χ1) is 12.7. The number of piperidine rings is 1. The van der Waals surface area contributed by atoms with Crippen LogP contribution in [0.15, 0.2) is 24.5 Å². The summed E-state index contributed by atoms with van der Waals surface area (Å²) in [4.78, 5) is 8.19. The van der Waals surface area contributed by atoms with E-state index in [0.29, 0.717) is 16.5 Å². The Balaban J connectivity index is 1.83. The number of nitrogens with zero attached hydrogens (tertiary/aromatic N) is 4. The number of hydrogen-bond acceptors (Lipinski definition) is 7. The van der Waals surface area contributed by atoms with Crippen LogP contribution < -0.4 is 9.47 Å². The molecule has 1 aliphatic rings. The first-order valence-electron chi connectivity index (χ1n) is 8.70. The van der Waals surface area contributed by atoms with Gasteiger partial charge in [0.15, 0.2) is 11.5 Å². The molecule has 0 amide bonds. The van der Waals surface area contributed by atoms with Crippen LogP contribution in [0.1, 0.15) is 35.7 Å². The lowest BCUT2D eigenvalue weighted by Gasteiger charge is -2.34. The summed E-state index contributed by atoms with van der Waals surface area (Å²) in [5, 5.41) is 14.9. The summed E-state index contributed by atoms with van der Waals surface area (Å²) < 4.78 is 12.4. The highest BCUT2D eigenvalue weighted by Crippen LogP contribution is 2.42. The topological polar surface area (TPSA) is 72.1 Å². The predicted molar refractivity (Wildman–Crippen MR) is 99.3 cm³/mol. The maximum absolute atomic E-state index is 10.8. The minimum absolute atomic E-state index is 0.0661. The Kier molecular flexibility index (Phi) is 4.69. The lowest BCUT2D eigenvalue weighted by Crippen LogP contribution is -2.34. The fourth-order valence-electron chi connectivity index (χ4n) is 3.60. The van der Waals surface area contributed by atoms with E-state index in [9.17, 15) is 5.11 Å². The third-order valence-electron chi connectivity index (χ3n) is 4.87. The average Bonchev–Trinajstić information content (AvgIpc) is 3.26. The van der Waals surface area contributed by atoms with Crippen molar-refractivity contribution in [3.63, 3.8) is 0 Å². The molecule has 3 heterocycles. The molecule has 1 aromatic carbocycles. The molecule has 0 radical (unpaired) electrons. The van der Waals surface area contributed by atoms with Crippen LogP contribution >= 0.6 is 11.3 Å². The van der Waals surface area contributed by atoms with E-state index in [-0.39, 0.29) is 11.9 Å². The normalized spacial score (nSPS) is 16.7. The second kappa shape index (κ2) is 7.13. The zero-order valence-corrected chi connectivity index (χ0v) is 15.7. The minimum Gasteiger partial charge on any atom is -0.493 e. The largest absolute Gasteiger partial charge is 0.493 e. The van der Waals surface area contributed by atoms with Gasteiger partial charge in [-0.2, -0.15) is 9.61 Å². The molecular weight excluding hydrogens is 352 g/mol. The molecule has 0 aliphatic carbocycles. The number of methoxy groups -OCH3 is 2. The van der Waals surface area contributed by atoms with Crippen molar-refractivity contribution in [3.05, 3.63) is 35.0 Å². The molecule has 0 unspecified atom stereocenters. The Labute approximate surface area is 155 Å². The number of ether oxygens (including phenoxy) is 2. The zero-order valence-electron chi connectivity index (χ0n) is 14.9. The third-order valence-corrected chi connectivity index (χ3v) is 5.95. The quantitative estimate of drug-likeness (QED) is 0.740. The predicted octanol–water partition coefficient (Wildman–Crippen LogP) is 3.09. The van der Waals surface area contributed by atoms with E-state index >= 15 is 0 Å². The molecule has 2 aromatic heterocycles. The molecule has 1 fully saturated rings. The molecular formula is C18H22N4O3S. The second-order valence-electron chi connectivity index (χ2n) is 6.36. The highest BCUT2D eigenvalue weighted by molar-refractivity contribution is 7.17. The summed E-state index contributed by atoms with van der Waals surface area (Å²) in [5.41, 5.74) is 1.06. The van der Waals surface area contributed by atoms with E-state index in [4.69, 9.17) is 9.47 Å². The Bertz CT molecular complexity index is 901. The van der Waals surface area contributed by atoms with Gasteiger partial charge in [0.2, 0.25) is 10.8 Å². The van der Waals surface area contributed by atoms with Crippen molar-refractivity contribution in [1.82, 2.24) is 19.5 Å². The summed E-state index contributed by atoms with van der Waals surface area (Å²) in [7, 11) is 3.27. The lowest BCUT2D eigenvalue weighted by molar-refractivity contribution is 0.186. The van der Waals surface area contributed by atoms with E-state index in [1.165, 1.54) is 28.6 Å². The SMILES string of the molecule is COc1ccc([C@H](c2sc3ncnn3c2O)N2CCCCC2)cc1OC. The Morgan fingerprint density at radius 3 is 2.58 bits per heavy atom. The summed E-state index contributed by atoms with van der Waals surface area (Å²) in [6, 6.07) is 5.88. The summed E-state index contributed by atoms with van der Waals surface area (Å²) in [6.45, 7) is 1.98. The van der Waals surface area contributed by atoms with Crippen LogP contribution in [0.25, 0.3) is 4.96 Å². The maximum Gasteiger partial charge on any atom is 0.230 e. The number of thiazole rings is 1. The molecule has 0 spiro atoms. The summed E-state index contributed by atoms with van der Waals surface area (Å²) in [6.07, 6.45) is 5.02. The molecule has 4 rings (SSSR count). The summed E-state index contributed by atoms with van der Waals surface area (Å²) in [5.74, 6) is 1.54. The van der Waals surface area contributed by atoms with Gasteiger partial charge in [-0.3, -0.25) is 4.90 Å². The number of fused-ring (bicyclic) bond motifs is 1. The van der Waals surface area contributed by atoms with E-state index < -0.39 is 0 Å². The fraction of sp³-hybridized carbons (Fsp3) is 0.444. The Morgan fingerprint density at radius 2 is 1.88 bits per heavy atom. The van der Waals surface area contributed by atoms with Crippen molar-refractivity contribution in [3.8, 4) is 17.4 Å². The number of aromatic nitrogens is 3. The van der Waals surface area contributed by atoms with Crippen molar-refractivity contribution in [1.29, 1.82) is 0 Å². The van der Waals surface area contributed by atoms with Crippen LogP contribution in [0.4, 0.5) is 0 Å². The maximum atomic E-state index is 10.8. The monoisotopic (exact) mass is 374 g/mol. The van der Waals surface area contributed by atoms with Gasteiger partial charge in [-0.15, -0.1) is 0 Å². The van der Waals surface area contributed by atoms with E-state index in [0.717, 1.165) is 36.4 Å². The van der Waals surface area contributed by atoms with Gasteiger partial charge >= 0.3 is 0 Å². The average molecular weight is 374 g/mol. The van der Waals surface area contributed by atoms with Crippen molar-refractivity contribution in [2.75, 3.05) is 27.3 Å². The van der Waals surface area contributed by atoms with Crippen LogP contribution in [-0.4, -0.2) is 51.9 Å². The smallest absolute Gasteiger partial charge is 0.230 e. The van der Waals surface area contributed by atoms with Gasteiger partial charge in [-0.1, -0.05) is 23.8 Å². The van der Waals surface area contributed by atoms with Gasteiger partial charge in [0.1, 0.15) is 6.33 Å². The molecule has 0 saturated carbocycles. The van der Waals surface area contributed by atoms with Crippen LogP contribution in [0, 0.1) is 0 Å². The van der Waals surface area contributed by atoms with Gasteiger partial charge in [-0.25, -0.2) is 4.98 Å². The molecule has 138 valence electrons. The minimum atomic E-state index is -0.0661. The molecule has 0 bridgehead atoms. The molecule has 1 aliphatic heterocycles.